The van der Waals surface area contributed by atoms with Crippen molar-refractivity contribution < 1.29 is 19.0 Å². The lowest BCUT2D eigenvalue weighted by Crippen LogP contribution is -2.42. The Morgan fingerprint density at radius 1 is 0.960 bits per heavy atom. The highest BCUT2D eigenvalue weighted by atomic mass is 35.5. The quantitative estimate of drug-likeness (QED) is 0.148. The third-order valence-electron chi connectivity index (χ3n) is 10.2. The molecule has 2 saturated heterocycles. The number of amides is 1. The molecule has 0 saturated carbocycles. The molecule has 9 nitrogen and oxygen atoms in total. The van der Waals surface area contributed by atoms with Gasteiger partial charge in [0.1, 0.15) is 0 Å². The topological polar surface area (TPSA) is 81.1 Å². The molecule has 50 heavy (non-hydrogen) atoms. The van der Waals surface area contributed by atoms with Crippen LogP contribution in [0.3, 0.4) is 0 Å². The SMILES string of the molecule is COc1cc(C(=O)N2CCC(CCN3CCC(Nc4nc5ccccc5n4CC=C(C)C)CC3)(c3ccc(Cl)c(Cl)c3)C2)cc(OC)c1OC. The van der Waals surface area contributed by atoms with E-state index in [2.05, 4.69) is 59.0 Å². The van der Waals surface area contributed by atoms with Crippen LogP contribution in [0.2, 0.25) is 10.0 Å². The normalized spacial score (nSPS) is 18.3. The van der Waals surface area contributed by atoms with Crippen molar-refractivity contribution in [2.24, 2.45) is 0 Å². The lowest BCUT2D eigenvalue weighted by atomic mass is 9.76. The van der Waals surface area contributed by atoms with E-state index in [9.17, 15) is 4.79 Å². The zero-order chi connectivity index (χ0) is 35.4. The van der Waals surface area contributed by atoms with E-state index >= 15 is 0 Å². The second kappa shape index (κ2) is 15.5. The monoisotopic (exact) mass is 719 g/mol. The summed E-state index contributed by atoms with van der Waals surface area (Å²) in [5.74, 6) is 2.22. The summed E-state index contributed by atoms with van der Waals surface area (Å²) in [5.41, 5.74) is 4.78. The Morgan fingerprint density at radius 3 is 2.34 bits per heavy atom. The number of imidazole rings is 1. The predicted octanol–water partition coefficient (Wildman–Crippen LogP) is 8.09. The van der Waals surface area contributed by atoms with Gasteiger partial charge in [0.2, 0.25) is 11.7 Å². The number of nitrogens with one attached hydrogen (secondary N) is 1. The summed E-state index contributed by atoms with van der Waals surface area (Å²) in [5, 5.41) is 4.84. The second-order valence-corrected chi connectivity index (χ2v) is 14.4. The lowest BCUT2D eigenvalue weighted by Gasteiger charge is -2.36. The Hall–Kier alpha value is -3.92. The number of carbonyl (C=O) groups is 1. The number of fused-ring (bicyclic) bond motifs is 1. The van der Waals surface area contributed by atoms with Gasteiger partial charge in [-0.3, -0.25) is 4.79 Å². The van der Waals surface area contributed by atoms with Crippen molar-refractivity contribution in [1.82, 2.24) is 19.4 Å². The Labute approximate surface area is 305 Å². The van der Waals surface area contributed by atoms with Crippen LogP contribution in [0.25, 0.3) is 11.0 Å². The first-order chi connectivity index (χ1) is 24.1. The minimum atomic E-state index is -0.268. The molecule has 0 radical (unpaired) electrons. The first-order valence-corrected chi connectivity index (χ1v) is 18.0. The van der Waals surface area contributed by atoms with Gasteiger partial charge in [0.15, 0.2) is 11.5 Å². The van der Waals surface area contributed by atoms with Crippen LogP contribution in [0.1, 0.15) is 55.5 Å². The number of likely N-dealkylation sites (tertiary alicyclic amines) is 2. The van der Waals surface area contributed by atoms with E-state index in [4.69, 9.17) is 42.4 Å². The van der Waals surface area contributed by atoms with Crippen molar-refractivity contribution in [3.8, 4) is 17.2 Å². The van der Waals surface area contributed by atoms with E-state index in [1.165, 1.54) is 5.57 Å². The third-order valence-corrected chi connectivity index (χ3v) is 11.0. The van der Waals surface area contributed by atoms with Crippen LogP contribution >= 0.6 is 23.2 Å². The van der Waals surface area contributed by atoms with E-state index in [1.54, 1.807) is 33.5 Å². The molecule has 1 amide bonds. The number of allylic oxidation sites excluding steroid dienone is 2. The Balaban J connectivity index is 1.15. The van der Waals surface area contributed by atoms with Crippen LogP contribution < -0.4 is 19.5 Å². The van der Waals surface area contributed by atoms with E-state index in [0.29, 0.717) is 52.0 Å². The number of piperidine rings is 1. The van der Waals surface area contributed by atoms with Gasteiger partial charge < -0.3 is 33.9 Å². The van der Waals surface area contributed by atoms with E-state index < -0.39 is 0 Å². The number of carbonyl (C=O) groups excluding carboxylic acids is 1. The van der Waals surface area contributed by atoms with E-state index in [-0.39, 0.29) is 11.3 Å². The molecule has 4 aromatic rings. The van der Waals surface area contributed by atoms with Gasteiger partial charge in [-0.05, 0) is 88.0 Å². The average Bonchev–Trinajstić information content (AvgIpc) is 3.72. The smallest absolute Gasteiger partial charge is 0.254 e. The van der Waals surface area contributed by atoms with Crippen molar-refractivity contribution >= 4 is 46.1 Å². The summed E-state index contributed by atoms with van der Waals surface area (Å²) in [4.78, 5) is 23.4. The number of para-hydroxylation sites is 2. The van der Waals surface area contributed by atoms with Gasteiger partial charge in [0.05, 0.1) is 42.4 Å². The molecule has 266 valence electrons. The number of hydrogen-bond donors (Lipinski definition) is 1. The Bertz CT molecular complexity index is 1840. The summed E-state index contributed by atoms with van der Waals surface area (Å²) in [6.45, 7) is 9.12. The largest absolute Gasteiger partial charge is 0.493 e. The summed E-state index contributed by atoms with van der Waals surface area (Å²) >= 11 is 12.9. The van der Waals surface area contributed by atoms with Crippen molar-refractivity contribution in [3.05, 3.63) is 87.4 Å². The molecule has 3 aromatic carbocycles. The molecule has 1 aromatic heterocycles. The third kappa shape index (κ3) is 7.55. The van der Waals surface area contributed by atoms with Gasteiger partial charge >= 0.3 is 0 Å². The molecule has 2 fully saturated rings. The van der Waals surface area contributed by atoms with Crippen LogP contribution in [0.15, 0.2) is 66.2 Å². The molecule has 3 heterocycles. The van der Waals surface area contributed by atoms with Gasteiger partial charge in [-0.15, -0.1) is 0 Å². The molecule has 11 heteroatoms. The first-order valence-electron chi connectivity index (χ1n) is 17.3. The van der Waals surface area contributed by atoms with Crippen LogP contribution in [0, 0.1) is 0 Å². The summed E-state index contributed by atoms with van der Waals surface area (Å²) < 4.78 is 18.8. The zero-order valence-corrected chi connectivity index (χ0v) is 31.1. The van der Waals surface area contributed by atoms with Gasteiger partial charge in [0, 0.05) is 49.7 Å². The zero-order valence-electron chi connectivity index (χ0n) is 29.6. The highest BCUT2D eigenvalue weighted by Crippen LogP contribution is 2.43. The summed E-state index contributed by atoms with van der Waals surface area (Å²) in [6, 6.07) is 18.0. The maximum atomic E-state index is 14.0. The van der Waals surface area contributed by atoms with Crippen LogP contribution in [0.5, 0.6) is 17.2 Å². The van der Waals surface area contributed by atoms with Crippen molar-refractivity contribution in [2.45, 2.75) is 57.5 Å². The number of hydrogen-bond acceptors (Lipinski definition) is 7. The molecular formula is C39H47Cl2N5O4. The number of halogens is 2. The average molecular weight is 721 g/mol. The highest BCUT2D eigenvalue weighted by Gasteiger charge is 2.42. The van der Waals surface area contributed by atoms with Gasteiger partial charge in [0.25, 0.3) is 5.91 Å². The van der Waals surface area contributed by atoms with E-state index in [1.807, 2.05) is 23.1 Å². The molecule has 0 bridgehead atoms. The number of nitrogens with zero attached hydrogens (tertiary/aromatic N) is 4. The number of anilines is 1. The highest BCUT2D eigenvalue weighted by molar-refractivity contribution is 6.42. The van der Waals surface area contributed by atoms with Crippen molar-refractivity contribution in [1.29, 1.82) is 0 Å². The van der Waals surface area contributed by atoms with Gasteiger partial charge in [-0.2, -0.15) is 0 Å². The summed E-state index contributed by atoms with van der Waals surface area (Å²) in [6.07, 6.45) is 6.00. The standard InChI is InChI=1S/C39H47Cl2N5O4/c1-26(2)12-19-46-33-9-7-6-8-32(33)43-38(46)42-29-13-17-44(18-14-29)20-15-39(28-10-11-30(40)31(41)24-28)16-21-45(25-39)37(47)27-22-34(48-3)36(50-5)35(23-27)49-4/h6-12,22-24,29H,13-21,25H2,1-5H3,(H,42,43). The Kier molecular flexibility index (Phi) is 11.2. The fourth-order valence-corrected chi connectivity index (χ4v) is 7.64. The van der Waals surface area contributed by atoms with E-state index in [0.717, 1.165) is 74.4 Å². The Morgan fingerprint density at radius 2 is 1.68 bits per heavy atom. The maximum Gasteiger partial charge on any atom is 0.254 e. The second-order valence-electron chi connectivity index (χ2n) is 13.6. The minimum Gasteiger partial charge on any atom is -0.493 e. The maximum absolute atomic E-state index is 14.0. The predicted molar refractivity (Wildman–Crippen MR) is 202 cm³/mol. The number of aromatic nitrogens is 2. The van der Waals surface area contributed by atoms with Gasteiger partial charge in [-0.25, -0.2) is 4.98 Å². The minimum absolute atomic E-state index is 0.0753. The number of methoxy groups -OCH3 is 3. The van der Waals surface area contributed by atoms with Crippen LogP contribution in [0.4, 0.5) is 5.95 Å². The molecular weight excluding hydrogens is 673 g/mol. The molecule has 2 aliphatic heterocycles. The number of ether oxygens (including phenoxy) is 3. The fraction of sp³-hybridized carbons (Fsp3) is 0.436. The summed E-state index contributed by atoms with van der Waals surface area (Å²) in [7, 11) is 4.66. The molecule has 2 aliphatic rings. The van der Waals surface area contributed by atoms with Crippen LogP contribution in [-0.2, 0) is 12.0 Å². The molecule has 1 unspecified atom stereocenters. The molecule has 1 N–H and O–H groups in total. The van der Waals surface area contributed by atoms with Crippen molar-refractivity contribution in [3.63, 3.8) is 0 Å². The van der Waals surface area contributed by atoms with Gasteiger partial charge in [-0.1, -0.05) is 53.1 Å². The number of rotatable bonds is 12. The van der Waals surface area contributed by atoms with Crippen molar-refractivity contribution in [2.75, 3.05) is 59.4 Å². The first kappa shape index (κ1) is 35.9. The lowest BCUT2D eigenvalue weighted by molar-refractivity contribution is 0.0779. The number of benzene rings is 3. The molecule has 0 aliphatic carbocycles. The molecule has 1 atom stereocenters. The molecule has 0 spiro atoms. The fourth-order valence-electron chi connectivity index (χ4n) is 7.34. The molecule has 6 rings (SSSR count). The van der Waals surface area contributed by atoms with Crippen LogP contribution in [-0.4, -0.2) is 85.4 Å².